The van der Waals surface area contributed by atoms with Crippen molar-refractivity contribution in [1.82, 2.24) is 24.2 Å². The molecule has 2 heterocycles. The molecule has 3 rings (SSSR count). The average Bonchev–Trinajstić information content (AvgIpc) is 2.88. The second kappa shape index (κ2) is 2.85. The molecule has 3 aromatic rings. The smallest absolute Gasteiger partial charge is 0.196 e. The summed E-state index contributed by atoms with van der Waals surface area (Å²) in [6.45, 7) is 0. The van der Waals surface area contributed by atoms with E-state index in [1.54, 1.807) is 6.20 Å². The number of rotatable bonds is 1. The lowest BCUT2D eigenvalue weighted by Gasteiger charge is -1.93. The zero-order valence-corrected chi connectivity index (χ0v) is 7.82. The third-order valence-corrected chi connectivity index (χ3v) is 2.41. The molecule has 0 atom stereocenters. The number of H-pyrrole nitrogens is 1. The number of hydrogen-bond acceptors (Lipinski definition) is 5. The van der Waals surface area contributed by atoms with Gasteiger partial charge in [-0.3, -0.25) is 5.10 Å². The summed E-state index contributed by atoms with van der Waals surface area (Å²) in [6.07, 6.45) is 1.78. The van der Waals surface area contributed by atoms with Crippen molar-refractivity contribution in [1.29, 1.82) is 0 Å². The lowest BCUT2D eigenvalue weighted by Crippen LogP contribution is -1.80. The summed E-state index contributed by atoms with van der Waals surface area (Å²) in [5, 5.41) is 11.8. The van der Waals surface area contributed by atoms with Crippen molar-refractivity contribution < 1.29 is 0 Å². The van der Waals surface area contributed by atoms with Gasteiger partial charge in [-0.15, -0.1) is 5.10 Å². The van der Waals surface area contributed by atoms with E-state index in [1.807, 2.05) is 18.2 Å². The number of fused-ring (bicyclic) bond motifs is 1. The fraction of sp³-hybridized carbons (Fsp3) is 0. The molecule has 0 amide bonds. The van der Waals surface area contributed by atoms with Gasteiger partial charge in [0.25, 0.3) is 0 Å². The van der Waals surface area contributed by atoms with Crippen LogP contribution in [0.5, 0.6) is 0 Å². The number of hydrogen-bond donors (Lipinski definition) is 1. The molecule has 2 aromatic heterocycles. The first kappa shape index (κ1) is 7.57. The van der Waals surface area contributed by atoms with Crippen molar-refractivity contribution in [2.75, 3.05) is 0 Å². The van der Waals surface area contributed by atoms with Gasteiger partial charge in [0.2, 0.25) is 0 Å². The molecule has 0 radical (unpaired) electrons. The van der Waals surface area contributed by atoms with Crippen LogP contribution in [0, 0.1) is 0 Å². The summed E-state index contributed by atoms with van der Waals surface area (Å²) in [5.74, 6) is 0.659. The average molecular weight is 203 g/mol. The van der Waals surface area contributed by atoms with Crippen LogP contribution in [0.15, 0.2) is 24.4 Å². The highest BCUT2D eigenvalue weighted by Gasteiger charge is 2.04. The molecule has 6 heteroatoms. The van der Waals surface area contributed by atoms with E-state index in [0.29, 0.717) is 5.82 Å². The van der Waals surface area contributed by atoms with Crippen molar-refractivity contribution in [2.45, 2.75) is 0 Å². The van der Waals surface area contributed by atoms with E-state index >= 15 is 0 Å². The van der Waals surface area contributed by atoms with Crippen LogP contribution in [0.25, 0.3) is 22.3 Å². The van der Waals surface area contributed by atoms with E-state index in [9.17, 15) is 0 Å². The molecule has 0 saturated carbocycles. The number of aromatic amines is 1. The molecule has 0 aliphatic carbocycles. The number of nitrogens with one attached hydrogen (secondary N) is 1. The standard InChI is InChI=1S/C8H5N5S/c1-2-6-4-9-10-7(6)3-5(1)8-11-13-14-12-8/h1-4H,(H,9,10). The summed E-state index contributed by atoms with van der Waals surface area (Å²) < 4.78 is 7.78. The molecule has 68 valence electrons. The molecule has 0 aliphatic heterocycles. The first-order valence-electron chi connectivity index (χ1n) is 4.02. The first-order chi connectivity index (χ1) is 6.93. The Morgan fingerprint density at radius 1 is 1.29 bits per heavy atom. The zero-order chi connectivity index (χ0) is 9.38. The fourth-order valence-electron chi connectivity index (χ4n) is 1.32. The summed E-state index contributed by atoms with van der Waals surface area (Å²) in [5.41, 5.74) is 1.94. The van der Waals surface area contributed by atoms with E-state index in [1.165, 1.54) is 0 Å². The lowest BCUT2D eigenvalue weighted by atomic mass is 10.1. The van der Waals surface area contributed by atoms with E-state index in [-0.39, 0.29) is 0 Å². The van der Waals surface area contributed by atoms with Gasteiger partial charge >= 0.3 is 0 Å². The zero-order valence-electron chi connectivity index (χ0n) is 7.01. The summed E-state index contributed by atoms with van der Waals surface area (Å²) in [7, 11) is 0. The highest BCUT2D eigenvalue weighted by atomic mass is 32.1. The molecule has 0 aliphatic rings. The van der Waals surface area contributed by atoms with Gasteiger partial charge in [0.1, 0.15) is 0 Å². The topological polar surface area (TPSA) is 67.3 Å². The SMILES string of the molecule is c1cc2cn[nH]c2cc1-c1nnsn1. The Bertz CT molecular complexity index is 556. The summed E-state index contributed by atoms with van der Waals surface area (Å²) >= 11 is 1.10. The highest BCUT2D eigenvalue weighted by Crippen LogP contribution is 2.19. The highest BCUT2D eigenvalue weighted by molar-refractivity contribution is 6.99. The monoisotopic (exact) mass is 203 g/mol. The second-order valence-electron chi connectivity index (χ2n) is 2.85. The predicted octanol–water partition coefficient (Wildman–Crippen LogP) is 1.48. The maximum atomic E-state index is 4.06. The Kier molecular flexibility index (Phi) is 1.54. The molecule has 1 aromatic carbocycles. The van der Waals surface area contributed by atoms with Crippen molar-refractivity contribution in [3.05, 3.63) is 24.4 Å². The van der Waals surface area contributed by atoms with Gasteiger partial charge in [0.15, 0.2) is 5.82 Å². The Hall–Kier alpha value is -1.82. The molecule has 0 saturated heterocycles. The molecule has 0 fully saturated rings. The van der Waals surface area contributed by atoms with Crippen molar-refractivity contribution in [3.8, 4) is 11.4 Å². The van der Waals surface area contributed by atoms with E-state index in [0.717, 1.165) is 28.2 Å². The lowest BCUT2D eigenvalue weighted by molar-refractivity contribution is 1.12. The minimum Gasteiger partial charge on any atom is -0.278 e. The van der Waals surface area contributed by atoms with Crippen molar-refractivity contribution in [3.63, 3.8) is 0 Å². The maximum Gasteiger partial charge on any atom is 0.196 e. The van der Waals surface area contributed by atoms with Gasteiger partial charge < -0.3 is 0 Å². The molecule has 0 unspecified atom stereocenters. The fourth-order valence-corrected chi connectivity index (χ4v) is 1.69. The Morgan fingerprint density at radius 2 is 2.29 bits per heavy atom. The minimum absolute atomic E-state index is 0.659. The van der Waals surface area contributed by atoms with Gasteiger partial charge in [-0.25, -0.2) is 0 Å². The summed E-state index contributed by atoms with van der Waals surface area (Å²) in [4.78, 5) is 0. The van der Waals surface area contributed by atoms with Crippen LogP contribution >= 0.6 is 11.7 Å². The molecule has 14 heavy (non-hydrogen) atoms. The third-order valence-electron chi connectivity index (χ3n) is 2.00. The van der Waals surface area contributed by atoms with Crippen LogP contribution in [0.1, 0.15) is 0 Å². The Morgan fingerprint density at radius 3 is 3.14 bits per heavy atom. The second-order valence-corrected chi connectivity index (χ2v) is 3.36. The number of aromatic nitrogens is 5. The first-order valence-corrected chi connectivity index (χ1v) is 4.75. The van der Waals surface area contributed by atoms with E-state index in [4.69, 9.17) is 0 Å². The molecule has 0 spiro atoms. The number of benzene rings is 1. The number of nitrogens with zero attached hydrogens (tertiary/aromatic N) is 4. The summed E-state index contributed by atoms with van der Waals surface area (Å²) in [6, 6.07) is 5.91. The largest absolute Gasteiger partial charge is 0.278 e. The van der Waals surface area contributed by atoms with Gasteiger partial charge in [-0.1, -0.05) is 16.6 Å². The minimum atomic E-state index is 0.659. The maximum absolute atomic E-state index is 4.06. The molecule has 1 N–H and O–H groups in total. The molecule has 0 bridgehead atoms. The van der Waals surface area contributed by atoms with E-state index in [2.05, 4.69) is 24.2 Å². The van der Waals surface area contributed by atoms with Gasteiger partial charge in [0.05, 0.1) is 23.4 Å². The van der Waals surface area contributed by atoms with Crippen molar-refractivity contribution >= 4 is 22.6 Å². The van der Waals surface area contributed by atoms with Crippen LogP contribution in [-0.2, 0) is 0 Å². The third kappa shape index (κ3) is 1.08. The van der Waals surface area contributed by atoms with Crippen LogP contribution in [-0.4, -0.2) is 24.2 Å². The molecular weight excluding hydrogens is 198 g/mol. The normalized spacial score (nSPS) is 10.9. The van der Waals surface area contributed by atoms with Crippen LogP contribution in [0.4, 0.5) is 0 Å². The van der Waals surface area contributed by atoms with Crippen molar-refractivity contribution in [2.24, 2.45) is 0 Å². The van der Waals surface area contributed by atoms with Crippen LogP contribution in [0.3, 0.4) is 0 Å². The molecular formula is C8H5N5S. The van der Waals surface area contributed by atoms with E-state index < -0.39 is 0 Å². The Labute approximate surface area is 83.1 Å². The Balaban J connectivity index is 2.23. The molecule has 5 nitrogen and oxygen atoms in total. The van der Waals surface area contributed by atoms with Gasteiger partial charge in [-0.2, -0.15) is 9.47 Å². The van der Waals surface area contributed by atoms with Gasteiger partial charge in [0, 0.05) is 10.9 Å². The quantitative estimate of drug-likeness (QED) is 0.650. The predicted molar refractivity (Wildman–Crippen MR) is 52.8 cm³/mol. The van der Waals surface area contributed by atoms with Gasteiger partial charge in [-0.05, 0) is 6.07 Å². The van der Waals surface area contributed by atoms with Crippen LogP contribution in [0.2, 0.25) is 0 Å². The van der Waals surface area contributed by atoms with Crippen LogP contribution < -0.4 is 0 Å².